The minimum absolute atomic E-state index is 0.640. The Morgan fingerprint density at radius 2 is 2.06 bits per heavy atom. The zero-order valence-electron chi connectivity index (χ0n) is 10.3. The molecule has 0 amide bonds. The zero-order chi connectivity index (χ0) is 12.4. The van der Waals surface area contributed by atoms with E-state index in [0.29, 0.717) is 12.5 Å². The van der Waals surface area contributed by atoms with E-state index in [2.05, 4.69) is 27.2 Å². The molecule has 18 heavy (non-hydrogen) atoms. The lowest BCUT2D eigenvalue weighted by Crippen LogP contribution is -2.14. The van der Waals surface area contributed by atoms with Gasteiger partial charge in [0.15, 0.2) is 0 Å². The first-order valence-corrected chi connectivity index (χ1v) is 6.47. The molecule has 1 heterocycles. The first-order chi connectivity index (χ1) is 8.90. The molecule has 0 spiro atoms. The van der Waals surface area contributed by atoms with Gasteiger partial charge in [0, 0.05) is 19.0 Å². The Kier molecular flexibility index (Phi) is 3.02. The molecule has 3 rings (SSSR count). The van der Waals surface area contributed by atoms with E-state index in [-0.39, 0.29) is 0 Å². The summed E-state index contributed by atoms with van der Waals surface area (Å²) >= 11 is 0. The Labute approximate surface area is 107 Å². The quantitative estimate of drug-likeness (QED) is 0.844. The van der Waals surface area contributed by atoms with E-state index < -0.39 is 0 Å². The average molecular weight is 242 g/mol. The lowest BCUT2D eigenvalue weighted by molar-refractivity contribution is 0.808. The molecule has 94 valence electrons. The molecule has 4 nitrogen and oxygen atoms in total. The topological polar surface area (TPSA) is 55.9 Å². The van der Waals surface area contributed by atoms with Gasteiger partial charge in [-0.15, -0.1) is 0 Å². The minimum atomic E-state index is 0.640. The summed E-state index contributed by atoms with van der Waals surface area (Å²) in [5.41, 5.74) is 9.10. The molecular formula is C14H18N4. The van der Waals surface area contributed by atoms with E-state index in [4.69, 9.17) is 5.73 Å². The Bertz CT molecular complexity index is 514. The predicted molar refractivity (Wildman–Crippen MR) is 73.1 cm³/mol. The maximum absolute atomic E-state index is 5.55. The second-order valence-electron chi connectivity index (χ2n) is 4.68. The van der Waals surface area contributed by atoms with Crippen LogP contribution in [0.3, 0.4) is 0 Å². The number of nitrogens with zero attached hydrogens (tertiary/aromatic N) is 2. The van der Waals surface area contributed by atoms with Crippen molar-refractivity contribution >= 4 is 5.69 Å². The lowest BCUT2D eigenvalue weighted by atomic mass is 10.2. The van der Waals surface area contributed by atoms with Crippen molar-refractivity contribution in [2.24, 2.45) is 5.73 Å². The molecule has 1 aliphatic carbocycles. The van der Waals surface area contributed by atoms with Gasteiger partial charge in [-0.25, -0.2) is 4.68 Å². The summed E-state index contributed by atoms with van der Waals surface area (Å²) in [6.45, 7) is 1.43. The van der Waals surface area contributed by atoms with Gasteiger partial charge in [-0.2, -0.15) is 5.10 Å². The van der Waals surface area contributed by atoms with Gasteiger partial charge in [0.05, 0.1) is 23.3 Å². The lowest BCUT2D eigenvalue weighted by Gasteiger charge is -2.09. The highest BCUT2D eigenvalue weighted by molar-refractivity contribution is 5.53. The van der Waals surface area contributed by atoms with Gasteiger partial charge in [-0.05, 0) is 25.0 Å². The number of rotatable bonds is 5. The number of nitrogens with two attached hydrogens (primary N) is 1. The number of benzene rings is 1. The van der Waals surface area contributed by atoms with Gasteiger partial charge < -0.3 is 11.1 Å². The monoisotopic (exact) mass is 242 g/mol. The third kappa shape index (κ3) is 2.11. The van der Waals surface area contributed by atoms with Crippen molar-refractivity contribution in [2.75, 3.05) is 18.4 Å². The maximum Gasteiger partial charge on any atom is 0.0767 e. The number of hydrogen-bond acceptors (Lipinski definition) is 3. The molecule has 0 unspecified atom stereocenters. The highest BCUT2D eigenvalue weighted by atomic mass is 15.3. The van der Waals surface area contributed by atoms with Crippen LogP contribution in [-0.4, -0.2) is 22.9 Å². The van der Waals surface area contributed by atoms with Crippen LogP contribution >= 0.6 is 0 Å². The van der Waals surface area contributed by atoms with Crippen molar-refractivity contribution in [2.45, 2.75) is 18.8 Å². The summed E-state index contributed by atoms with van der Waals surface area (Å²) in [4.78, 5) is 0. The summed E-state index contributed by atoms with van der Waals surface area (Å²) in [6, 6.07) is 10.3. The van der Waals surface area contributed by atoms with Gasteiger partial charge in [0.1, 0.15) is 0 Å². The van der Waals surface area contributed by atoms with E-state index >= 15 is 0 Å². The summed E-state index contributed by atoms with van der Waals surface area (Å²) in [5, 5.41) is 7.88. The van der Waals surface area contributed by atoms with E-state index in [0.717, 1.165) is 17.9 Å². The molecule has 0 bridgehead atoms. The van der Waals surface area contributed by atoms with Crippen LogP contribution in [0.2, 0.25) is 0 Å². The molecule has 0 atom stereocenters. The Morgan fingerprint density at radius 3 is 2.72 bits per heavy atom. The van der Waals surface area contributed by atoms with Crippen LogP contribution in [0.5, 0.6) is 0 Å². The molecule has 1 saturated carbocycles. The molecule has 1 fully saturated rings. The molecule has 1 aliphatic rings. The van der Waals surface area contributed by atoms with Crippen LogP contribution in [0.1, 0.15) is 24.5 Å². The Hall–Kier alpha value is -1.81. The number of nitrogens with one attached hydrogen (secondary N) is 1. The number of aromatic nitrogens is 2. The fraction of sp³-hybridized carbons (Fsp3) is 0.357. The van der Waals surface area contributed by atoms with Crippen LogP contribution < -0.4 is 11.1 Å². The molecule has 4 heteroatoms. The summed E-state index contributed by atoms with van der Waals surface area (Å²) < 4.78 is 2.05. The molecule has 0 aliphatic heterocycles. The van der Waals surface area contributed by atoms with Gasteiger partial charge >= 0.3 is 0 Å². The van der Waals surface area contributed by atoms with Gasteiger partial charge in [0.2, 0.25) is 0 Å². The number of para-hydroxylation sites is 1. The van der Waals surface area contributed by atoms with Crippen LogP contribution in [0, 0.1) is 0 Å². The Morgan fingerprint density at radius 1 is 1.28 bits per heavy atom. The standard InChI is InChI=1S/C14H18N4/c15-8-9-16-13-10-17-18(14(13)11-6-7-11)12-4-2-1-3-5-12/h1-5,10-11,16H,6-9,15H2. The van der Waals surface area contributed by atoms with Gasteiger partial charge in [-0.1, -0.05) is 18.2 Å². The zero-order valence-corrected chi connectivity index (χ0v) is 10.3. The molecule has 1 aromatic carbocycles. The first-order valence-electron chi connectivity index (χ1n) is 6.47. The van der Waals surface area contributed by atoms with E-state index in [1.807, 2.05) is 24.4 Å². The molecular weight excluding hydrogens is 224 g/mol. The summed E-state index contributed by atoms with van der Waals surface area (Å²) in [6.07, 6.45) is 4.43. The first kappa shape index (κ1) is 11.3. The van der Waals surface area contributed by atoms with Crippen LogP contribution in [0.4, 0.5) is 5.69 Å². The summed E-state index contributed by atoms with van der Waals surface area (Å²) in [5.74, 6) is 0.646. The number of hydrogen-bond donors (Lipinski definition) is 2. The van der Waals surface area contributed by atoms with Crippen molar-refractivity contribution in [1.29, 1.82) is 0 Å². The third-order valence-electron chi connectivity index (χ3n) is 3.23. The average Bonchev–Trinajstić information content (AvgIpc) is 3.17. The van der Waals surface area contributed by atoms with Crippen molar-refractivity contribution in [1.82, 2.24) is 9.78 Å². The fourth-order valence-electron chi connectivity index (χ4n) is 2.23. The highest BCUT2D eigenvalue weighted by Crippen LogP contribution is 2.44. The SMILES string of the molecule is NCCNc1cnn(-c2ccccc2)c1C1CC1. The second-order valence-corrected chi connectivity index (χ2v) is 4.68. The van der Waals surface area contributed by atoms with Crippen LogP contribution in [0.25, 0.3) is 5.69 Å². The summed E-state index contributed by atoms with van der Waals surface area (Å²) in [7, 11) is 0. The van der Waals surface area contributed by atoms with Crippen molar-refractivity contribution < 1.29 is 0 Å². The molecule has 0 radical (unpaired) electrons. The molecule has 0 saturated heterocycles. The van der Waals surface area contributed by atoms with Gasteiger partial charge in [0.25, 0.3) is 0 Å². The van der Waals surface area contributed by atoms with Crippen LogP contribution in [-0.2, 0) is 0 Å². The second kappa shape index (κ2) is 4.82. The minimum Gasteiger partial charge on any atom is -0.381 e. The number of anilines is 1. The molecule has 3 N–H and O–H groups in total. The van der Waals surface area contributed by atoms with Gasteiger partial charge in [-0.3, -0.25) is 0 Å². The normalized spacial score (nSPS) is 14.7. The largest absolute Gasteiger partial charge is 0.381 e. The fourth-order valence-corrected chi connectivity index (χ4v) is 2.23. The molecule has 2 aromatic rings. The van der Waals surface area contributed by atoms with E-state index in [1.54, 1.807) is 0 Å². The third-order valence-corrected chi connectivity index (χ3v) is 3.23. The van der Waals surface area contributed by atoms with E-state index in [9.17, 15) is 0 Å². The van der Waals surface area contributed by atoms with Crippen LogP contribution in [0.15, 0.2) is 36.5 Å². The highest BCUT2D eigenvalue weighted by Gasteiger charge is 2.30. The van der Waals surface area contributed by atoms with Crippen molar-refractivity contribution in [3.63, 3.8) is 0 Å². The predicted octanol–water partition coefficient (Wildman–Crippen LogP) is 2.12. The van der Waals surface area contributed by atoms with Crippen molar-refractivity contribution in [3.8, 4) is 5.69 Å². The molecule has 1 aromatic heterocycles. The smallest absolute Gasteiger partial charge is 0.0767 e. The van der Waals surface area contributed by atoms with E-state index in [1.165, 1.54) is 18.5 Å². The van der Waals surface area contributed by atoms with Crippen molar-refractivity contribution in [3.05, 3.63) is 42.2 Å². The Balaban J connectivity index is 1.97. The maximum atomic E-state index is 5.55.